The van der Waals surface area contributed by atoms with E-state index in [0.29, 0.717) is 11.8 Å². The molecule has 0 aromatic heterocycles. The van der Waals surface area contributed by atoms with Crippen molar-refractivity contribution in [1.29, 1.82) is 0 Å². The van der Waals surface area contributed by atoms with Gasteiger partial charge in [-0.05, 0) is 80.8 Å². The van der Waals surface area contributed by atoms with E-state index in [4.69, 9.17) is 4.74 Å². The zero-order chi connectivity index (χ0) is 17.0. The number of benzene rings is 2. The van der Waals surface area contributed by atoms with E-state index in [1.807, 2.05) is 0 Å². The van der Waals surface area contributed by atoms with Crippen LogP contribution in [0, 0.1) is 47.5 Å². The molecule has 0 N–H and O–H groups in total. The van der Waals surface area contributed by atoms with Gasteiger partial charge in [0.2, 0.25) is 0 Å². The van der Waals surface area contributed by atoms with Crippen LogP contribution in [0.25, 0.3) is 0 Å². The van der Waals surface area contributed by atoms with Gasteiger partial charge in [0, 0.05) is 17.0 Å². The topological polar surface area (TPSA) is 9.23 Å². The first-order chi connectivity index (χ1) is 10.7. The normalized spacial score (nSPS) is 13.8. The maximum atomic E-state index is 6.54. The minimum absolute atomic E-state index is 0.410. The molecule has 0 saturated carbocycles. The molecule has 0 fully saturated rings. The summed E-state index contributed by atoms with van der Waals surface area (Å²) in [7, 11) is 0. The molecule has 0 bridgehead atoms. The summed E-state index contributed by atoms with van der Waals surface area (Å²) in [5.74, 6) is 3.15. The fourth-order valence-electron chi connectivity index (χ4n) is 4.09. The van der Waals surface area contributed by atoms with Crippen LogP contribution in [0.2, 0.25) is 0 Å². The van der Waals surface area contributed by atoms with Crippen LogP contribution in [-0.4, -0.2) is 0 Å². The third-order valence-electron chi connectivity index (χ3n) is 5.56. The van der Waals surface area contributed by atoms with Crippen molar-refractivity contribution in [1.82, 2.24) is 0 Å². The zero-order valence-corrected chi connectivity index (χ0v) is 15.7. The van der Waals surface area contributed by atoms with Crippen LogP contribution in [-0.2, 0) is 0 Å². The molecule has 2 aromatic carbocycles. The molecule has 1 heteroatoms. The van der Waals surface area contributed by atoms with Crippen molar-refractivity contribution in [2.24, 2.45) is 5.92 Å². The Balaban J connectivity index is 2.40. The van der Waals surface area contributed by atoms with Crippen molar-refractivity contribution < 1.29 is 4.74 Å². The summed E-state index contributed by atoms with van der Waals surface area (Å²) in [6, 6.07) is 4.63. The molecule has 2 aromatic rings. The predicted octanol–water partition coefficient (Wildman–Crippen LogP) is 6.43. The van der Waals surface area contributed by atoms with E-state index in [9.17, 15) is 0 Å². The smallest absolute Gasteiger partial charge is 0.134 e. The Bertz CT molecular complexity index is 733. The highest BCUT2D eigenvalue weighted by atomic mass is 16.5. The molecule has 1 heterocycles. The van der Waals surface area contributed by atoms with Gasteiger partial charge in [-0.3, -0.25) is 0 Å². The third kappa shape index (κ3) is 2.29. The van der Waals surface area contributed by atoms with Crippen LogP contribution < -0.4 is 4.74 Å². The van der Waals surface area contributed by atoms with Crippen molar-refractivity contribution in [3.8, 4) is 11.5 Å². The van der Waals surface area contributed by atoms with Crippen molar-refractivity contribution in [2.45, 2.75) is 61.3 Å². The minimum atomic E-state index is 0.410. The molecule has 1 aliphatic rings. The summed E-state index contributed by atoms with van der Waals surface area (Å²) >= 11 is 0. The van der Waals surface area contributed by atoms with Gasteiger partial charge in [0.15, 0.2) is 0 Å². The first kappa shape index (κ1) is 16.1. The van der Waals surface area contributed by atoms with Crippen molar-refractivity contribution >= 4 is 0 Å². The van der Waals surface area contributed by atoms with E-state index in [0.717, 1.165) is 11.5 Å². The van der Waals surface area contributed by atoms with Gasteiger partial charge >= 0.3 is 0 Å². The maximum Gasteiger partial charge on any atom is 0.134 e. The monoisotopic (exact) mass is 308 g/mol. The van der Waals surface area contributed by atoms with Gasteiger partial charge in [-0.25, -0.2) is 0 Å². The molecule has 0 saturated heterocycles. The SMILES string of the molecule is Cc1cc(C)c2c(c1C)Oc1c(C)c(C)cc(C)c1C2C(C)C. The van der Waals surface area contributed by atoms with Gasteiger partial charge in [0.05, 0.1) is 0 Å². The molecule has 0 radical (unpaired) electrons. The Labute approximate surface area is 140 Å². The fraction of sp³-hybridized carbons (Fsp3) is 0.455. The van der Waals surface area contributed by atoms with Crippen molar-refractivity contribution in [2.75, 3.05) is 0 Å². The number of hydrogen-bond acceptors (Lipinski definition) is 1. The van der Waals surface area contributed by atoms with Crippen LogP contribution in [0.1, 0.15) is 64.3 Å². The van der Waals surface area contributed by atoms with Gasteiger partial charge < -0.3 is 4.74 Å². The highest BCUT2D eigenvalue weighted by Crippen LogP contribution is 2.53. The Morgan fingerprint density at radius 1 is 0.696 bits per heavy atom. The summed E-state index contributed by atoms with van der Waals surface area (Å²) in [6.45, 7) is 17.8. The summed E-state index contributed by atoms with van der Waals surface area (Å²) in [5.41, 5.74) is 10.7. The summed E-state index contributed by atoms with van der Waals surface area (Å²) in [6.07, 6.45) is 0. The second-order valence-electron chi connectivity index (χ2n) is 7.58. The Morgan fingerprint density at radius 2 is 1.09 bits per heavy atom. The highest BCUT2D eigenvalue weighted by Gasteiger charge is 2.34. The fourth-order valence-corrected chi connectivity index (χ4v) is 4.09. The lowest BCUT2D eigenvalue weighted by atomic mass is 9.75. The first-order valence-electron chi connectivity index (χ1n) is 8.63. The van der Waals surface area contributed by atoms with Crippen molar-refractivity contribution in [3.05, 3.63) is 56.6 Å². The van der Waals surface area contributed by atoms with E-state index in [2.05, 4.69) is 67.5 Å². The maximum absolute atomic E-state index is 6.54. The van der Waals surface area contributed by atoms with E-state index in [-0.39, 0.29) is 0 Å². The van der Waals surface area contributed by atoms with Crippen LogP contribution in [0.4, 0.5) is 0 Å². The average molecular weight is 308 g/mol. The van der Waals surface area contributed by atoms with E-state index >= 15 is 0 Å². The lowest BCUT2D eigenvalue weighted by Crippen LogP contribution is -2.20. The van der Waals surface area contributed by atoms with Crippen LogP contribution in [0.15, 0.2) is 12.1 Å². The molecule has 122 valence electrons. The quantitative estimate of drug-likeness (QED) is 0.589. The Hall–Kier alpha value is -1.76. The first-order valence-corrected chi connectivity index (χ1v) is 8.63. The summed E-state index contributed by atoms with van der Waals surface area (Å²) in [5, 5.41) is 0. The molecule has 0 atom stereocenters. The Kier molecular flexibility index (Phi) is 3.78. The van der Waals surface area contributed by atoms with E-state index in [1.165, 1.54) is 44.5 Å². The Morgan fingerprint density at radius 3 is 1.43 bits per heavy atom. The lowest BCUT2D eigenvalue weighted by Gasteiger charge is -2.36. The van der Waals surface area contributed by atoms with Crippen LogP contribution >= 0.6 is 0 Å². The molecule has 1 aliphatic heterocycles. The van der Waals surface area contributed by atoms with Crippen molar-refractivity contribution in [3.63, 3.8) is 0 Å². The lowest BCUT2D eigenvalue weighted by molar-refractivity contribution is 0.410. The molecule has 0 spiro atoms. The number of rotatable bonds is 1. The molecule has 0 aliphatic carbocycles. The number of ether oxygens (including phenoxy) is 1. The van der Waals surface area contributed by atoms with Gasteiger partial charge in [-0.2, -0.15) is 0 Å². The number of hydrogen-bond donors (Lipinski definition) is 0. The number of aryl methyl sites for hydroxylation is 4. The second-order valence-corrected chi connectivity index (χ2v) is 7.58. The van der Waals surface area contributed by atoms with Gasteiger partial charge in [-0.15, -0.1) is 0 Å². The molecule has 1 nitrogen and oxygen atoms in total. The van der Waals surface area contributed by atoms with Crippen LogP contribution in [0.5, 0.6) is 11.5 Å². The average Bonchev–Trinajstić information content (AvgIpc) is 2.48. The van der Waals surface area contributed by atoms with Gasteiger partial charge in [0.25, 0.3) is 0 Å². The van der Waals surface area contributed by atoms with E-state index < -0.39 is 0 Å². The van der Waals surface area contributed by atoms with Gasteiger partial charge in [0.1, 0.15) is 11.5 Å². The molecular formula is C22H28O. The molecule has 0 unspecified atom stereocenters. The largest absolute Gasteiger partial charge is 0.456 e. The minimum Gasteiger partial charge on any atom is -0.456 e. The summed E-state index contributed by atoms with van der Waals surface area (Å²) in [4.78, 5) is 0. The van der Waals surface area contributed by atoms with Gasteiger partial charge in [-0.1, -0.05) is 26.0 Å². The molecule has 23 heavy (non-hydrogen) atoms. The highest BCUT2D eigenvalue weighted by molar-refractivity contribution is 5.64. The third-order valence-corrected chi connectivity index (χ3v) is 5.56. The zero-order valence-electron chi connectivity index (χ0n) is 15.7. The summed E-state index contributed by atoms with van der Waals surface area (Å²) < 4.78 is 6.54. The molecular weight excluding hydrogens is 280 g/mol. The van der Waals surface area contributed by atoms with E-state index in [1.54, 1.807) is 0 Å². The number of fused-ring (bicyclic) bond motifs is 2. The molecule has 3 rings (SSSR count). The standard InChI is InChI=1S/C22H28O/c1-11(2)18-19-14(5)9-12(3)16(7)21(19)23-22-17(8)13(4)10-15(6)20(18)22/h9-11,18H,1-8H3. The van der Waals surface area contributed by atoms with Crippen LogP contribution in [0.3, 0.4) is 0 Å². The molecule has 0 amide bonds. The predicted molar refractivity (Wildman–Crippen MR) is 98.1 cm³/mol. The second kappa shape index (κ2) is 5.40.